The molecule has 0 radical (unpaired) electrons. The molecule has 0 spiro atoms. The largest absolute Gasteiger partial charge is 0.444 e. The Morgan fingerprint density at radius 3 is 1.83 bits per heavy atom. The van der Waals surface area contributed by atoms with Crippen molar-refractivity contribution in [3.8, 4) is 11.5 Å². The highest BCUT2D eigenvalue weighted by atomic mass is 79.9. The van der Waals surface area contributed by atoms with Crippen LogP contribution in [0, 0.1) is 5.82 Å². The third-order valence-corrected chi connectivity index (χ3v) is 6.09. The molecule has 1 aliphatic heterocycles. The molecule has 0 amide bonds. The summed E-state index contributed by atoms with van der Waals surface area (Å²) in [6.07, 6.45) is 0.608. The number of benzene rings is 3. The van der Waals surface area contributed by atoms with E-state index in [9.17, 15) is 4.39 Å². The van der Waals surface area contributed by atoms with Crippen molar-refractivity contribution in [2.45, 2.75) is 19.1 Å². The molecule has 0 unspecified atom stereocenters. The van der Waals surface area contributed by atoms with Gasteiger partial charge in [-0.15, -0.1) is 0 Å². The zero-order valence-electron chi connectivity index (χ0n) is 12.8. The summed E-state index contributed by atoms with van der Waals surface area (Å²) in [4.78, 5) is 0. The van der Waals surface area contributed by atoms with Gasteiger partial charge in [-0.2, -0.15) is 0 Å². The third kappa shape index (κ3) is 2.50. The van der Waals surface area contributed by atoms with Gasteiger partial charge in [-0.1, -0.05) is 6.92 Å². The summed E-state index contributed by atoms with van der Waals surface area (Å²) in [7, 11) is 0. The molecule has 0 atom stereocenters. The van der Waals surface area contributed by atoms with Crippen LogP contribution < -0.4 is 9.47 Å². The molecule has 5 heteroatoms. The SMILES string of the molecule is CCC1(c2ccc(F)cc2)Oc2cc3cc(Br)c(Br)cc3cc2O1. The van der Waals surface area contributed by atoms with Crippen LogP contribution in [-0.4, -0.2) is 0 Å². The predicted molar refractivity (Wildman–Crippen MR) is 99.0 cm³/mol. The van der Waals surface area contributed by atoms with Crippen LogP contribution in [0.1, 0.15) is 18.9 Å². The fourth-order valence-corrected chi connectivity index (χ4v) is 3.68. The number of rotatable bonds is 2. The topological polar surface area (TPSA) is 18.5 Å². The molecular weight excluding hydrogens is 439 g/mol. The maximum atomic E-state index is 13.2. The smallest absolute Gasteiger partial charge is 0.278 e. The van der Waals surface area contributed by atoms with Crippen LogP contribution in [0.5, 0.6) is 11.5 Å². The first-order chi connectivity index (χ1) is 11.5. The zero-order valence-corrected chi connectivity index (χ0v) is 15.9. The number of hydrogen-bond donors (Lipinski definition) is 0. The lowest BCUT2D eigenvalue weighted by Gasteiger charge is -2.26. The molecule has 0 saturated carbocycles. The maximum Gasteiger partial charge on any atom is 0.278 e. The van der Waals surface area contributed by atoms with E-state index in [0.717, 1.165) is 25.3 Å². The van der Waals surface area contributed by atoms with Crippen LogP contribution in [0.3, 0.4) is 0 Å². The third-order valence-electron chi connectivity index (χ3n) is 4.24. The Hall–Kier alpha value is -1.59. The van der Waals surface area contributed by atoms with E-state index >= 15 is 0 Å². The van der Waals surface area contributed by atoms with E-state index in [-0.39, 0.29) is 5.82 Å². The highest BCUT2D eigenvalue weighted by molar-refractivity contribution is 9.13. The Bertz CT molecular complexity index is 888. The number of ether oxygens (including phenoxy) is 2. The highest BCUT2D eigenvalue weighted by Crippen LogP contribution is 2.48. The highest BCUT2D eigenvalue weighted by Gasteiger charge is 2.42. The van der Waals surface area contributed by atoms with Crippen LogP contribution in [0.15, 0.2) is 57.5 Å². The van der Waals surface area contributed by atoms with E-state index in [1.807, 2.05) is 31.2 Å². The molecule has 0 saturated heterocycles. The van der Waals surface area contributed by atoms with Gasteiger partial charge in [0.05, 0.1) is 0 Å². The molecule has 3 aromatic carbocycles. The first-order valence-electron chi connectivity index (χ1n) is 7.57. The molecule has 1 aliphatic rings. The minimum atomic E-state index is -0.915. The summed E-state index contributed by atoms with van der Waals surface area (Å²) in [6.45, 7) is 1.99. The van der Waals surface area contributed by atoms with Gasteiger partial charge < -0.3 is 9.47 Å². The first kappa shape index (κ1) is 15.9. The maximum absolute atomic E-state index is 13.2. The number of halogens is 3. The number of fused-ring (bicyclic) bond motifs is 2. The van der Waals surface area contributed by atoms with Crippen molar-refractivity contribution in [2.75, 3.05) is 0 Å². The molecular formula is C19H13Br2FO2. The fraction of sp³-hybridized carbons (Fsp3) is 0.158. The van der Waals surface area contributed by atoms with Crippen LogP contribution in [-0.2, 0) is 5.79 Å². The fourth-order valence-electron chi connectivity index (χ4n) is 2.96. The Kier molecular flexibility index (Phi) is 3.81. The quantitative estimate of drug-likeness (QED) is 0.440. The Labute approximate surface area is 155 Å². The van der Waals surface area contributed by atoms with E-state index in [0.29, 0.717) is 17.9 Å². The van der Waals surface area contributed by atoms with Gasteiger partial charge in [0.1, 0.15) is 5.82 Å². The van der Waals surface area contributed by atoms with Crippen LogP contribution >= 0.6 is 31.9 Å². The zero-order chi connectivity index (χ0) is 16.9. The Balaban J connectivity index is 1.81. The van der Waals surface area contributed by atoms with Crippen molar-refractivity contribution in [3.63, 3.8) is 0 Å². The van der Waals surface area contributed by atoms with Crippen molar-refractivity contribution in [1.29, 1.82) is 0 Å². The van der Waals surface area contributed by atoms with Gasteiger partial charge in [-0.05, 0) is 91.2 Å². The van der Waals surface area contributed by atoms with E-state index < -0.39 is 5.79 Å². The van der Waals surface area contributed by atoms with Crippen molar-refractivity contribution < 1.29 is 13.9 Å². The van der Waals surface area contributed by atoms with Crippen molar-refractivity contribution >= 4 is 42.6 Å². The lowest BCUT2D eigenvalue weighted by atomic mass is 10.0. The molecule has 3 aromatic rings. The normalized spacial score (nSPS) is 15.0. The van der Waals surface area contributed by atoms with Crippen molar-refractivity contribution in [3.05, 3.63) is 68.9 Å². The second-order valence-electron chi connectivity index (χ2n) is 5.73. The van der Waals surface area contributed by atoms with Gasteiger partial charge in [0.25, 0.3) is 5.79 Å². The number of hydrogen-bond acceptors (Lipinski definition) is 2. The van der Waals surface area contributed by atoms with E-state index in [1.54, 1.807) is 12.1 Å². The monoisotopic (exact) mass is 450 g/mol. The van der Waals surface area contributed by atoms with Crippen molar-refractivity contribution in [1.82, 2.24) is 0 Å². The standard InChI is InChI=1S/C19H13Br2FO2/c1-2-19(13-3-5-14(22)6-4-13)23-17-9-11-7-15(20)16(21)8-12(11)10-18(17)24-19/h3-10H,2H2,1H3. The molecule has 122 valence electrons. The molecule has 24 heavy (non-hydrogen) atoms. The molecule has 0 bridgehead atoms. The van der Waals surface area contributed by atoms with Gasteiger partial charge in [-0.25, -0.2) is 4.39 Å². The minimum absolute atomic E-state index is 0.277. The summed E-state index contributed by atoms with van der Waals surface area (Å²) in [6, 6.07) is 14.3. The Morgan fingerprint density at radius 1 is 0.875 bits per heavy atom. The van der Waals surface area contributed by atoms with Gasteiger partial charge in [0.15, 0.2) is 11.5 Å². The predicted octanol–water partition coefficient (Wildman–Crippen LogP) is 6.54. The second-order valence-corrected chi connectivity index (χ2v) is 7.44. The van der Waals surface area contributed by atoms with Gasteiger partial charge in [-0.3, -0.25) is 0 Å². The minimum Gasteiger partial charge on any atom is -0.444 e. The van der Waals surface area contributed by atoms with Gasteiger partial charge in [0, 0.05) is 20.9 Å². The molecule has 0 fully saturated rings. The average Bonchev–Trinajstić information content (AvgIpc) is 2.93. The van der Waals surface area contributed by atoms with E-state index in [4.69, 9.17) is 9.47 Å². The van der Waals surface area contributed by atoms with Gasteiger partial charge in [0.2, 0.25) is 0 Å². The summed E-state index contributed by atoms with van der Waals surface area (Å²) in [5.41, 5.74) is 0.800. The summed E-state index contributed by atoms with van der Waals surface area (Å²) in [5.74, 6) is 0.203. The Morgan fingerprint density at radius 2 is 1.38 bits per heavy atom. The molecule has 0 aliphatic carbocycles. The van der Waals surface area contributed by atoms with E-state index in [1.165, 1.54) is 12.1 Å². The molecule has 0 N–H and O–H groups in total. The molecule has 4 rings (SSSR count). The summed E-state index contributed by atoms with van der Waals surface area (Å²) < 4.78 is 27.6. The second kappa shape index (κ2) is 5.74. The molecule has 1 heterocycles. The summed E-state index contributed by atoms with van der Waals surface area (Å²) >= 11 is 7.04. The van der Waals surface area contributed by atoms with Crippen LogP contribution in [0.4, 0.5) is 4.39 Å². The molecule has 0 aromatic heterocycles. The van der Waals surface area contributed by atoms with Gasteiger partial charge >= 0.3 is 0 Å². The lowest BCUT2D eigenvalue weighted by molar-refractivity contribution is -0.0891. The molecule has 2 nitrogen and oxygen atoms in total. The average molecular weight is 452 g/mol. The van der Waals surface area contributed by atoms with E-state index in [2.05, 4.69) is 31.9 Å². The van der Waals surface area contributed by atoms with Crippen molar-refractivity contribution in [2.24, 2.45) is 0 Å². The summed E-state index contributed by atoms with van der Waals surface area (Å²) in [5, 5.41) is 2.11. The van der Waals surface area contributed by atoms with Crippen LogP contribution in [0.25, 0.3) is 10.8 Å². The first-order valence-corrected chi connectivity index (χ1v) is 9.16. The lowest BCUT2D eigenvalue weighted by Crippen LogP contribution is -2.34. The van der Waals surface area contributed by atoms with Crippen LogP contribution in [0.2, 0.25) is 0 Å².